The van der Waals surface area contributed by atoms with E-state index >= 15 is 0 Å². The molecular formula is C14H16F3N3O. The van der Waals surface area contributed by atoms with Crippen molar-refractivity contribution in [1.29, 1.82) is 0 Å². The summed E-state index contributed by atoms with van der Waals surface area (Å²) in [6.07, 6.45) is -3.09. The van der Waals surface area contributed by atoms with Crippen molar-refractivity contribution >= 4 is 0 Å². The van der Waals surface area contributed by atoms with Crippen LogP contribution in [0.5, 0.6) is 5.75 Å². The van der Waals surface area contributed by atoms with Crippen molar-refractivity contribution in [2.75, 3.05) is 14.2 Å². The van der Waals surface area contributed by atoms with Crippen LogP contribution in [0.3, 0.4) is 0 Å². The lowest BCUT2D eigenvalue weighted by Gasteiger charge is -2.17. The molecule has 0 aliphatic heterocycles. The van der Waals surface area contributed by atoms with E-state index in [0.717, 1.165) is 17.4 Å². The summed E-state index contributed by atoms with van der Waals surface area (Å²) >= 11 is 0. The number of nitrogens with one attached hydrogen (secondary N) is 1. The second-order valence-electron chi connectivity index (χ2n) is 4.54. The largest absolute Gasteiger partial charge is 0.497 e. The Balaban J connectivity index is 2.13. The van der Waals surface area contributed by atoms with Gasteiger partial charge in [0.15, 0.2) is 5.69 Å². The van der Waals surface area contributed by atoms with Crippen LogP contribution in [0, 0.1) is 0 Å². The third-order valence-corrected chi connectivity index (χ3v) is 3.17. The standard InChI is InChI=1S/C14H16F3N3O/c1-18-12(10-3-5-11(21-2)6-4-10)9-20-8-7-13(19-20)14(15,16)17/h3-8,12,18H,9H2,1-2H3. The number of hydrogen-bond acceptors (Lipinski definition) is 3. The van der Waals surface area contributed by atoms with Crippen molar-refractivity contribution in [3.8, 4) is 5.75 Å². The van der Waals surface area contributed by atoms with Gasteiger partial charge in [-0.1, -0.05) is 12.1 Å². The zero-order valence-corrected chi connectivity index (χ0v) is 11.7. The smallest absolute Gasteiger partial charge is 0.435 e. The van der Waals surface area contributed by atoms with E-state index in [1.54, 1.807) is 14.2 Å². The van der Waals surface area contributed by atoms with E-state index < -0.39 is 11.9 Å². The third-order valence-electron chi connectivity index (χ3n) is 3.17. The van der Waals surface area contributed by atoms with Crippen molar-refractivity contribution in [3.05, 3.63) is 47.8 Å². The Kier molecular flexibility index (Phi) is 4.52. The Morgan fingerprint density at radius 2 is 1.90 bits per heavy atom. The average molecular weight is 299 g/mol. The zero-order valence-electron chi connectivity index (χ0n) is 11.7. The summed E-state index contributed by atoms with van der Waals surface area (Å²) in [6.45, 7) is 0.304. The van der Waals surface area contributed by atoms with Gasteiger partial charge in [0.25, 0.3) is 0 Å². The van der Waals surface area contributed by atoms with Gasteiger partial charge in [0.1, 0.15) is 5.75 Å². The highest BCUT2D eigenvalue weighted by Crippen LogP contribution is 2.27. The number of rotatable bonds is 5. The minimum absolute atomic E-state index is 0.142. The summed E-state index contributed by atoms with van der Waals surface area (Å²) in [5, 5.41) is 6.62. The molecule has 1 N–H and O–H groups in total. The lowest BCUT2D eigenvalue weighted by Crippen LogP contribution is -2.22. The molecule has 0 bridgehead atoms. The van der Waals surface area contributed by atoms with Gasteiger partial charge < -0.3 is 10.1 Å². The van der Waals surface area contributed by atoms with Gasteiger partial charge in [-0.2, -0.15) is 18.3 Å². The van der Waals surface area contributed by atoms with Gasteiger partial charge in [0.2, 0.25) is 0 Å². The van der Waals surface area contributed by atoms with Gasteiger partial charge in [0, 0.05) is 6.20 Å². The average Bonchev–Trinajstić information content (AvgIpc) is 2.93. The lowest BCUT2D eigenvalue weighted by atomic mass is 10.1. The van der Waals surface area contributed by atoms with Gasteiger partial charge >= 0.3 is 6.18 Å². The number of benzene rings is 1. The quantitative estimate of drug-likeness (QED) is 0.922. The van der Waals surface area contributed by atoms with Crippen LogP contribution < -0.4 is 10.1 Å². The fourth-order valence-corrected chi connectivity index (χ4v) is 2.00. The van der Waals surface area contributed by atoms with Gasteiger partial charge in [-0.15, -0.1) is 0 Å². The van der Waals surface area contributed by atoms with Gasteiger partial charge in [0.05, 0.1) is 19.7 Å². The molecule has 0 spiro atoms. The van der Waals surface area contributed by atoms with Crippen molar-refractivity contribution < 1.29 is 17.9 Å². The fraction of sp³-hybridized carbons (Fsp3) is 0.357. The number of halogens is 3. The molecule has 0 aliphatic rings. The van der Waals surface area contributed by atoms with E-state index in [0.29, 0.717) is 6.54 Å². The topological polar surface area (TPSA) is 39.1 Å². The summed E-state index contributed by atoms with van der Waals surface area (Å²) in [7, 11) is 3.33. The van der Waals surface area contributed by atoms with E-state index in [1.807, 2.05) is 24.3 Å². The highest BCUT2D eigenvalue weighted by molar-refractivity contribution is 5.29. The number of hydrogen-bond donors (Lipinski definition) is 1. The Morgan fingerprint density at radius 1 is 1.24 bits per heavy atom. The molecular weight excluding hydrogens is 283 g/mol. The molecule has 2 aromatic rings. The summed E-state index contributed by atoms with van der Waals surface area (Å²) in [5.41, 5.74) is 0.0643. The molecule has 1 aromatic heterocycles. The molecule has 1 aromatic carbocycles. The first-order valence-electron chi connectivity index (χ1n) is 6.36. The van der Waals surface area contributed by atoms with Crippen LogP contribution >= 0.6 is 0 Å². The second kappa shape index (κ2) is 6.17. The first-order chi connectivity index (χ1) is 9.94. The second-order valence-corrected chi connectivity index (χ2v) is 4.54. The van der Waals surface area contributed by atoms with Crippen molar-refractivity contribution in [2.24, 2.45) is 0 Å². The molecule has 1 heterocycles. The van der Waals surface area contributed by atoms with Crippen LogP contribution in [0.1, 0.15) is 17.3 Å². The summed E-state index contributed by atoms with van der Waals surface area (Å²) in [5.74, 6) is 0.729. The molecule has 0 radical (unpaired) electrons. The van der Waals surface area contributed by atoms with Gasteiger partial charge in [-0.3, -0.25) is 4.68 Å². The number of nitrogens with zero attached hydrogens (tertiary/aromatic N) is 2. The van der Waals surface area contributed by atoms with Gasteiger partial charge in [-0.05, 0) is 30.8 Å². The first-order valence-corrected chi connectivity index (χ1v) is 6.36. The van der Waals surface area contributed by atoms with Gasteiger partial charge in [-0.25, -0.2) is 0 Å². The molecule has 0 fully saturated rings. The maximum Gasteiger partial charge on any atom is 0.435 e. The minimum Gasteiger partial charge on any atom is -0.497 e. The molecule has 0 aliphatic carbocycles. The Bertz CT molecular complexity index is 578. The fourth-order valence-electron chi connectivity index (χ4n) is 2.00. The Labute approximate surface area is 120 Å². The van der Waals surface area contributed by atoms with Crippen LogP contribution in [0.2, 0.25) is 0 Å². The maximum atomic E-state index is 12.5. The summed E-state index contributed by atoms with van der Waals surface area (Å²) in [6, 6.07) is 8.19. The molecule has 0 amide bonds. The van der Waals surface area contributed by atoms with E-state index in [-0.39, 0.29) is 6.04 Å². The van der Waals surface area contributed by atoms with E-state index in [2.05, 4.69) is 10.4 Å². The van der Waals surface area contributed by atoms with Crippen LogP contribution in [0.25, 0.3) is 0 Å². The molecule has 0 saturated heterocycles. The van der Waals surface area contributed by atoms with Crippen LogP contribution in [0.15, 0.2) is 36.5 Å². The first kappa shape index (κ1) is 15.4. The number of ether oxygens (including phenoxy) is 1. The molecule has 114 valence electrons. The Morgan fingerprint density at radius 3 is 2.38 bits per heavy atom. The van der Waals surface area contributed by atoms with Crippen LogP contribution in [-0.2, 0) is 12.7 Å². The monoisotopic (exact) mass is 299 g/mol. The predicted molar refractivity (Wildman–Crippen MR) is 72.0 cm³/mol. The van der Waals surface area contributed by atoms with E-state index in [4.69, 9.17) is 4.74 Å². The Hall–Kier alpha value is -2.02. The third kappa shape index (κ3) is 3.75. The highest BCUT2D eigenvalue weighted by atomic mass is 19.4. The molecule has 1 unspecified atom stereocenters. The van der Waals surface area contributed by atoms with Crippen molar-refractivity contribution in [1.82, 2.24) is 15.1 Å². The maximum absolute atomic E-state index is 12.5. The SMILES string of the molecule is CNC(Cn1ccc(C(F)(F)F)n1)c1ccc(OC)cc1. The predicted octanol–water partition coefficient (Wildman–Crippen LogP) is 2.87. The summed E-state index contributed by atoms with van der Waals surface area (Å²) in [4.78, 5) is 0. The molecule has 7 heteroatoms. The number of likely N-dealkylation sites (N-methyl/N-ethyl adjacent to an activating group) is 1. The van der Waals surface area contributed by atoms with Crippen molar-refractivity contribution in [2.45, 2.75) is 18.8 Å². The molecule has 2 rings (SSSR count). The van der Waals surface area contributed by atoms with E-state index in [9.17, 15) is 13.2 Å². The molecule has 4 nitrogen and oxygen atoms in total. The summed E-state index contributed by atoms with van der Waals surface area (Å²) < 4.78 is 43.9. The number of methoxy groups -OCH3 is 1. The van der Waals surface area contributed by atoms with Crippen LogP contribution in [-0.4, -0.2) is 23.9 Å². The van der Waals surface area contributed by atoms with Crippen LogP contribution in [0.4, 0.5) is 13.2 Å². The molecule has 1 atom stereocenters. The number of alkyl halides is 3. The molecule has 0 saturated carbocycles. The van der Waals surface area contributed by atoms with E-state index in [1.165, 1.54) is 10.9 Å². The zero-order chi connectivity index (χ0) is 15.5. The van der Waals surface area contributed by atoms with Crippen molar-refractivity contribution in [3.63, 3.8) is 0 Å². The minimum atomic E-state index is -4.42. The lowest BCUT2D eigenvalue weighted by molar-refractivity contribution is -0.141. The molecule has 21 heavy (non-hydrogen) atoms. The number of aromatic nitrogens is 2. The normalized spacial score (nSPS) is 13.2. The highest BCUT2D eigenvalue weighted by Gasteiger charge is 2.33.